The summed E-state index contributed by atoms with van der Waals surface area (Å²) in [6.07, 6.45) is 2.09. The summed E-state index contributed by atoms with van der Waals surface area (Å²) in [6, 6.07) is 8.00. The van der Waals surface area contributed by atoms with Crippen LogP contribution in [0.2, 0.25) is 0 Å². The second kappa shape index (κ2) is 8.37. The average Bonchev–Trinajstić information content (AvgIpc) is 2.63. The van der Waals surface area contributed by atoms with Crippen LogP contribution < -0.4 is 10.3 Å². The standard InChI is InChI=1S/C21H27N3O3/c1-14-6-4-8-18(10-14)27-13-17-7-5-9-24(12-17)20(25)11-19-15(2)22-16(3)23-21(19)26/h4,6,8,10,17H,5,7,9,11-13H2,1-3H3,(H,22,23,26). The van der Waals surface area contributed by atoms with E-state index in [-0.39, 0.29) is 17.9 Å². The maximum atomic E-state index is 12.7. The smallest absolute Gasteiger partial charge is 0.254 e. The molecular formula is C21H27N3O3. The summed E-state index contributed by atoms with van der Waals surface area (Å²) in [5.74, 6) is 1.72. The third-order valence-corrected chi connectivity index (χ3v) is 5.02. The normalized spacial score (nSPS) is 17.0. The number of carbonyl (C=O) groups excluding carboxylic acids is 1. The molecule has 1 aliphatic rings. The Kier molecular flexibility index (Phi) is 5.94. The first kappa shape index (κ1) is 19.1. The highest BCUT2D eigenvalue weighted by Gasteiger charge is 2.25. The number of piperidine rings is 1. The van der Waals surface area contributed by atoms with Crippen molar-refractivity contribution in [3.63, 3.8) is 0 Å². The van der Waals surface area contributed by atoms with E-state index in [1.54, 1.807) is 13.8 Å². The van der Waals surface area contributed by atoms with Crippen molar-refractivity contribution >= 4 is 5.91 Å². The summed E-state index contributed by atoms with van der Waals surface area (Å²) in [4.78, 5) is 33.7. The number of carbonyl (C=O) groups is 1. The quantitative estimate of drug-likeness (QED) is 0.879. The highest BCUT2D eigenvalue weighted by atomic mass is 16.5. The molecule has 3 rings (SSSR count). The number of amides is 1. The van der Waals surface area contributed by atoms with Gasteiger partial charge in [-0.2, -0.15) is 0 Å². The molecule has 1 aliphatic heterocycles. The van der Waals surface area contributed by atoms with Gasteiger partial charge in [-0.25, -0.2) is 4.98 Å². The zero-order chi connectivity index (χ0) is 19.4. The highest BCUT2D eigenvalue weighted by molar-refractivity contribution is 5.79. The third kappa shape index (κ3) is 4.96. The molecule has 0 aliphatic carbocycles. The Hall–Kier alpha value is -2.63. The molecule has 27 heavy (non-hydrogen) atoms. The molecule has 0 spiro atoms. The minimum Gasteiger partial charge on any atom is -0.493 e. The minimum absolute atomic E-state index is 0.0190. The second-order valence-corrected chi connectivity index (χ2v) is 7.37. The van der Waals surface area contributed by atoms with Crippen molar-refractivity contribution in [3.05, 3.63) is 57.3 Å². The van der Waals surface area contributed by atoms with E-state index < -0.39 is 0 Å². The second-order valence-electron chi connectivity index (χ2n) is 7.37. The highest BCUT2D eigenvalue weighted by Crippen LogP contribution is 2.20. The Morgan fingerprint density at radius 2 is 2.15 bits per heavy atom. The molecular weight excluding hydrogens is 342 g/mol. The summed E-state index contributed by atoms with van der Waals surface area (Å²) >= 11 is 0. The zero-order valence-electron chi connectivity index (χ0n) is 16.2. The maximum Gasteiger partial charge on any atom is 0.254 e. The van der Waals surface area contributed by atoms with Gasteiger partial charge in [0.1, 0.15) is 11.6 Å². The van der Waals surface area contributed by atoms with Crippen molar-refractivity contribution in [1.82, 2.24) is 14.9 Å². The number of hydrogen-bond acceptors (Lipinski definition) is 4. The summed E-state index contributed by atoms with van der Waals surface area (Å²) in [5.41, 5.74) is 2.04. The lowest BCUT2D eigenvalue weighted by molar-refractivity contribution is -0.132. The van der Waals surface area contributed by atoms with Crippen molar-refractivity contribution in [2.45, 2.75) is 40.0 Å². The lowest BCUT2D eigenvalue weighted by atomic mass is 9.98. The molecule has 2 aromatic rings. The van der Waals surface area contributed by atoms with Crippen LogP contribution in [-0.2, 0) is 11.2 Å². The topological polar surface area (TPSA) is 75.3 Å². The third-order valence-electron chi connectivity index (χ3n) is 5.02. The van der Waals surface area contributed by atoms with E-state index in [0.29, 0.717) is 36.2 Å². The summed E-state index contributed by atoms with van der Waals surface area (Å²) in [7, 11) is 0. The van der Waals surface area contributed by atoms with Gasteiger partial charge in [-0.15, -0.1) is 0 Å². The molecule has 6 heteroatoms. The van der Waals surface area contributed by atoms with Crippen LogP contribution in [0.5, 0.6) is 5.75 Å². The van der Waals surface area contributed by atoms with Gasteiger partial charge in [-0.3, -0.25) is 9.59 Å². The lowest BCUT2D eigenvalue weighted by Gasteiger charge is -2.32. The fraction of sp³-hybridized carbons (Fsp3) is 0.476. The van der Waals surface area contributed by atoms with Crippen LogP contribution in [-0.4, -0.2) is 40.5 Å². The number of ether oxygens (including phenoxy) is 1. The van der Waals surface area contributed by atoms with Crippen LogP contribution in [0.15, 0.2) is 29.1 Å². The lowest BCUT2D eigenvalue weighted by Crippen LogP contribution is -2.43. The van der Waals surface area contributed by atoms with Gasteiger partial charge in [0.05, 0.1) is 13.0 Å². The van der Waals surface area contributed by atoms with Gasteiger partial charge in [0.2, 0.25) is 5.91 Å². The Morgan fingerprint density at radius 3 is 2.89 bits per heavy atom. The molecule has 1 amide bonds. The SMILES string of the molecule is Cc1cccc(OCC2CCCN(C(=O)Cc3c(C)nc(C)[nH]c3=O)C2)c1. The van der Waals surface area contributed by atoms with Crippen molar-refractivity contribution in [3.8, 4) is 5.75 Å². The number of rotatable bonds is 5. The van der Waals surface area contributed by atoms with Gasteiger partial charge < -0.3 is 14.6 Å². The van der Waals surface area contributed by atoms with Gasteiger partial charge in [0.25, 0.3) is 5.56 Å². The number of hydrogen-bond donors (Lipinski definition) is 1. The van der Waals surface area contributed by atoms with Crippen molar-refractivity contribution in [1.29, 1.82) is 0 Å². The van der Waals surface area contributed by atoms with E-state index in [2.05, 4.69) is 9.97 Å². The summed E-state index contributed by atoms with van der Waals surface area (Å²) in [5, 5.41) is 0. The van der Waals surface area contributed by atoms with Gasteiger partial charge in [-0.05, 0) is 51.3 Å². The Bertz CT molecular complexity index is 875. The van der Waals surface area contributed by atoms with E-state index in [1.165, 1.54) is 5.56 Å². The van der Waals surface area contributed by atoms with Crippen molar-refractivity contribution < 1.29 is 9.53 Å². The Labute approximate surface area is 159 Å². The molecule has 144 valence electrons. The van der Waals surface area contributed by atoms with Crippen LogP contribution in [0.1, 0.15) is 35.5 Å². The zero-order valence-corrected chi connectivity index (χ0v) is 16.2. The van der Waals surface area contributed by atoms with E-state index in [0.717, 1.165) is 25.1 Å². The van der Waals surface area contributed by atoms with Crippen molar-refractivity contribution in [2.75, 3.05) is 19.7 Å². The van der Waals surface area contributed by atoms with E-state index in [4.69, 9.17) is 4.74 Å². The molecule has 6 nitrogen and oxygen atoms in total. The molecule has 1 aromatic carbocycles. The maximum absolute atomic E-state index is 12.7. The molecule has 0 radical (unpaired) electrons. The molecule has 1 atom stereocenters. The average molecular weight is 369 g/mol. The number of likely N-dealkylation sites (tertiary alicyclic amines) is 1. The first-order valence-electron chi connectivity index (χ1n) is 9.46. The van der Waals surface area contributed by atoms with Gasteiger partial charge in [0, 0.05) is 30.3 Å². The molecule has 1 fully saturated rings. The number of nitrogens with one attached hydrogen (secondary N) is 1. The van der Waals surface area contributed by atoms with Gasteiger partial charge in [0.15, 0.2) is 0 Å². The molecule has 0 bridgehead atoms. The monoisotopic (exact) mass is 369 g/mol. The molecule has 2 heterocycles. The number of aromatic nitrogens is 2. The van der Waals surface area contributed by atoms with Crippen LogP contribution >= 0.6 is 0 Å². The van der Waals surface area contributed by atoms with Crippen LogP contribution in [0.4, 0.5) is 0 Å². The number of aryl methyl sites for hydroxylation is 3. The number of aromatic amines is 1. The van der Waals surface area contributed by atoms with E-state index >= 15 is 0 Å². The minimum atomic E-state index is -0.218. The fourth-order valence-corrected chi connectivity index (χ4v) is 3.57. The molecule has 1 saturated heterocycles. The van der Waals surface area contributed by atoms with E-state index in [9.17, 15) is 9.59 Å². The largest absolute Gasteiger partial charge is 0.493 e. The van der Waals surface area contributed by atoms with Gasteiger partial charge in [-0.1, -0.05) is 12.1 Å². The number of H-pyrrole nitrogens is 1. The predicted molar refractivity (Wildman–Crippen MR) is 104 cm³/mol. The Morgan fingerprint density at radius 1 is 1.33 bits per heavy atom. The van der Waals surface area contributed by atoms with Crippen molar-refractivity contribution in [2.24, 2.45) is 5.92 Å². The summed E-state index contributed by atoms with van der Waals surface area (Å²) in [6.45, 7) is 7.55. The number of benzene rings is 1. The molecule has 1 N–H and O–H groups in total. The fourth-order valence-electron chi connectivity index (χ4n) is 3.57. The van der Waals surface area contributed by atoms with Crippen LogP contribution in [0.3, 0.4) is 0 Å². The van der Waals surface area contributed by atoms with Crippen LogP contribution in [0, 0.1) is 26.7 Å². The number of nitrogens with zero attached hydrogens (tertiary/aromatic N) is 2. The molecule has 1 aromatic heterocycles. The van der Waals surface area contributed by atoms with Crippen LogP contribution in [0.25, 0.3) is 0 Å². The first-order valence-corrected chi connectivity index (χ1v) is 9.46. The van der Waals surface area contributed by atoms with E-state index in [1.807, 2.05) is 36.1 Å². The Balaban J connectivity index is 1.59. The first-order chi connectivity index (χ1) is 12.9. The molecule has 0 saturated carbocycles. The predicted octanol–water partition coefficient (Wildman–Crippen LogP) is 2.56. The molecule has 1 unspecified atom stereocenters. The van der Waals surface area contributed by atoms with Gasteiger partial charge >= 0.3 is 0 Å². The summed E-state index contributed by atoms with van der Waals surface area (Å²) < 4.78 is 5.92.